The highest BCUT2D eigenvalue weighted by molar-refractivity contribution is 6.30. The third kappa shape index (κ3) is 1.98. The SMILES string of the molecule is Cc1c2n(c3ccccc13)CCNC2c1ccc(Cl)cc1. The fourth-order valence-electron chi connectivity index (χ4n) is 3.46. The Morgan fingerprint density at radius 1 is 1.10 bits per heavy atom. The molecule has 1 aliphatic rings. The number of fused-ring (bicyclic) bond motifs is 3. The highest BCUT2D eigenvalue weighted by atomic mass is 35.5. The molecule has 0 aliphatic carbocycles. The maximum absolute atomic E-state index is 6.02. The van der Waals surface area contributed by atoms with Crippen LogP contribution in [0.3, 0.4) is 0 Å². The Hall–Kier alpha value is -1.77. The molecular weight excluding hydrogens is 280 g/mol. The second-order valence-electron chi connectivity index (χ2n) is 5.62. The first-order valence-corrected chi connectivity index (χ1v) is 7.70. The molecule has 3 aromatic rings. The molecule has 0 bridgehead atoms. The van der Waals surface area contributed by atoms with Crippen molar-refractivity contribution < 1.29 is 0 Å². The molecule has 106 valence electrons. The van der Waals surface area contributed by atoms with Crippen LogP contribution in [0, 0.1) is 6.92 Å². The predicted octanol–water partition coefficient (Wildman–Crippen LogP) is 4.30. The lowest BCUT2D eigenvalue weighted by molar-refractivity contribution is 0.473. The summed E-state index contributed by atoms with van der Waals surface area (Å²) in [4.78, 5) is 0. The van der Waals surface area contributed by atoms with Gasteiger partial charge in [0.15, 0.2) is 0 Å². The van der Waals surface area contributed by atoms with Crippen LogP contribution in [0.25, 0.3) is 10.9 Å². The number of benzene rings is 2. The van der Waals surface area contributed by atoms with Crippen LogP contribution < -0.4 is 5.32 Å². The monoisotopic (exact) mass is 296 g/mol. The number of halogens is 1. The minimum Gasteiger partial charge on any atom is -0.341 e. The van der Waals surface area contributed by atoms with E-state index in [1.807, 2.05) is 12.1 Å². The molecule has 0 fully saturated rings. The molecule has 0 saturated carbocycles. The van der Waals surface area contributed by atoms with E-state index in [0.29, 0.717) is 0 Å². The Bertz CT molecular complexity index is 802. The number of aromatic nitrogens is 1. The third-order valence-electron chi connectivity index (χ3n) is 4.43. The number of rotatable bonds is 1. The maximum atomic E-state index is 6.02. The average molecular weight is 297 g/mol. The summed E-state index contributed by atoms with van der Waals surface area (Å²) in [6.45, 7) is 4.23. The first kappa shape index (κ1) is 12.9. The van der Waals surface area contributed by atoms with Crippen LogP contribution in [0.15, 0.2) is 48.5 Å². The summed E-state index contributed by atoms with van der Waals surface area (Å²) in [5, 5.41) is 5.79. The predicted molar refractivity (Wildman–Crippen MR) is 88.0 cm³/mol. The second kappa shape index (κ2) is 4.90. The van der Waals surface area contributed by atoms with Crippen LogP contribution in [0.5, 0.6) is 0 Å². The van der Waals surface area contributed by atoms with Gasteiger partial charge in [-0.3, -0.25) is 0 Å². The lowest BCUT2D eigenvalue weighted by Crippen LogP contribution is -2.34. The summed E-state index contributed by atoms with van der Waals surface area (Å²) in [7, 11) is 0. The molecule has 3 heteroatoms. The van der Waals surface area contributed by atoms with Crippen LogP contribution >= 0.6 is 11.6 Å². The van der Waals surface area contributed by atoms with Gasteiger partial charge in [0.05, 0.1) is 6.04 Å². The van der Waals surface area contributed by atoms with E-state index >= 15 is 0 Å². The molecule has 0 saturated heterocycles. The third-order valence-corrected chi connectivity index (χ3v) is 4.69. The molecule has 1 aliphatic heterocycles. The van der Waals surface area contributed by atoms with Crippen molar-refractivity contribution in [3.63, 3.8) is 0 Å². The summed E-state index contributed by atoms with van der Waals surface area (Å²) in [5.41, 5.74) is 5.36. The largest absolute Gasteiger partial charge is 0.341 e. The van der Waals surface area contributed by atoms with Crippen molar-refractivity contribution >= 4 is 22.5 Å². The van der Waals surface area contributed by atoms with Gasteiger partial charge in [0.1, 0.15) is 0 Å². The Labute approximate surface area is 129 Å². The topological polar surface area (TPSA) is 17.0 Å². The van der Waals surface area contributed by atoms with E-state index in [1.165, 1.54) is 27.7 Å². The van der Waals surface area contributed by atoms with Gasteiger partial charge in [-0.25, -0.2) is 0 Å². The van der Waals surface area contributed by atoms with Crippen molar-refractivity contribution in [3.05, 3.63) is 70.4 Å². The molecule has 0 spiro atoms. The van der Waals surface area contributed by atoms with Gasteiger partial charge in [0.2, 0.25) is 0 Å². The second-order valence-corrected chi connectivity index (χ2v) is 6.05. The maximum Gasteiger partial charge on any atom is 0.0734 e. The first-order valence-electron chi connectivity index (χ1n) is 7.32. The Morgan fingerprint density at radius 3 is 2.67 bits per heavy atom. The number of nitrogens with zero attached hydrogens (tertiary/aromatic N) is 1. The summed E-state index contributed by atoms with van der Waals surface area (Å²) in [6.07, 6.45) is 0. The zero-order valence-electron chi connectivity index (χ0n) is 11.9. The van der Waals surface area contributed by atoms with Gasteiger partial charge in [-0.05, 0) is 36.2 Å². The van der Waals surface area contributed by atoms with Crippen molar-refractivity contribution in [2.45, 2.75) is 19.5 Å². The zero-order valence-corrected chi connectivity index (χ0v) is 12.7. The van der Waals surface area contributed by atoms with Gasteiger partial charge < -0.3 is 9.88 Å². The Kier molecular flexibility index (Phi) is 3.02. The van der Waals surface area contributed by atoms with Gasteiger partial charge >= 0.3 is 0 Å². The van der Waals surface area contributed by atoms with E-state index in [9.17, 15) is 0 Å². The normalized spacial score (nSPS) is 17.9. The van der Waals surface area contributed by atoms with Crippen molar-refractivity contribution in [1.82, 2.24) is 9.88 Å². The summed E-state index contributed by atoms with van der Waals surface area (Å²) >= 11 is 6.02. The molecule has 2 aromatic carbocycles. The number of nitrogens with one attached hydrogen (secondary N) is 1. The number of aryl methyl sites for hydroxylation is 1. The molecule has 1 unspecified atom stereocenters. The van der Waals surface area contributed by atoms with Crippen LogP contribution in [0.4, 0.5) is 0 Å². The molecular formula is C18H17ClN2. The molecule has 0 amide bonds. The van der Waals surface area contributed by atoms with Gasteiger partial charge in [-0.2, -0.15) is 0 Å². The molecule has 1 atom stereocenters. The molecule has 2 heterocycles. The lowest BCUT2D eigenvalue weighted by atomic mass is 9.99. The summed E-state index contributed by atoms with van der Waals surface area (Å²) in [5.74, 6) is 0. The van der Waals surface area contributed by atoms with E-state index in [0.717, 1.165) is 18.1 Å². The minimum absolute atomic E-state index is 0.239. The Morgan fingerprint density at radius 2 is 1.86 bits per heavy atom. The molecule has 0 radical (unpaired) electrons. The number of hydrogen-bond acceptors (Lipinski definition) is 1. The summed E-state index contributed by atoms with van der Waals surface area (Å²) in [6, 6.07) is 17.1. The summed E-state index contributed by atoms with van der Waals surface area (Å²) < 4.78 is 2.46. The van der Waals surface area contributed by atoms with Gasteiger partial charge in [0.25, 0.3) is 0 Å². The molecule has 2 nitrogen and oxygen atoms in total. The highest BCUT2D eigenvalue weighted by Gasteiger charge is 2.26. The van der Waals surface area contributed by atoms with Crippen molar-refractivity contribution in [2.75, 3.05) is 6.54 Å². The highest BCUT2D eigenvalue weighted by Crippen LogP contribution is 2.35. The molecule has 21 heavy (non-hydrogen) atoms. The zero-order chi connectivity index (χ0) is 14.4. The smallest absolute Gasteiger partial charge is 0.0734 e. The fraction of sp³-hybridized carbons (Fsp3) is 0.222. The fourth-order valence-corrected chi connectivity index (χ4v) is 3.58. The molecule has 4 rings (SSSR count). The number of para-hydroxylation sites is 1. The van der Waals surface area contributed by atoms with E-state index in [-0.39, 0.29) is 6.04 Å². The van der Waals surface area contributed by atoms with E-state index in [4.69, 9.17) is 11.6 Å². The average Bonchev–Trinajstić information content (AvgIpc) is 2.82. The van der Waals surface area contributed by atoms with E-state index < -0.39 is 0 Å². The lowest BCUT2D eigenvalue weighted by Gasteiger charge is -2.28. The Balaban J connectivity index is 1.93. The van der Waals surface area contributed by atoms with Crippen LogP contribution in [0.2, 0.25) is 5.02 Å². The molecule has 1 N–H and O–H groups in total. The van der Waals surface area contributed by atoms with E-state index in [1.54, 1.807) is 0 Å². The van der Waals surface area contributed by atoms with E-state index in [2.05, 4.69) is 53.2 Å². The van der Waals surface area contributed by atoms with Crippen LogP contribution in [-0.4, -0.2) is 11.1 Å². The van der Waals surface area contributed by atoms with Crippen LogP contribution in [-0.2, 0) is 6.54 Å². The van der Waals surface area contributed by atoms with Crippen molar-refractivity contribution in [3.8, 4) is 0 Å². The van der Waals surface area contributed by atoms with Crippen LogP contribution in [0.1, 0.15) is 22.9 Å². The molecule has 1 aromatic heterocycles. The quantitative estimate of drug-likeness (QED) is 0.708. The number of hydrogen-bond donors (Lipinski definition) is 1. The van der Waals surface area contributed by atoms with Gasteiger partial charge in [-0.15, -0.1) is 0 Å². The van der Waals surface area contributed by atoms with Gasteiger partial charge in [-0.1, -0.05) is 41.9 Å². The first-order chi connectivity index (χ1) is 10.3. The van der Waals surface area contributed by atoms with Crippen molar-refractivity contribution in [2.24, 2.45) is 0 Å². The minimum atomic E-state index is 0.239. The van der Waals surface area contributed by atoms with Gasteiger partial charge in [0, 0.05) is 34.7 Å². The standard InChI is InChI=1S/C18H17ClN2/c1-12-15-4-2-3-5-16(15)21-11-10-20-17(18(12)21)13-6-8-14(19)9-7-13/h2-9,17,20H,10-11H2,1H3. The van der Waals surface area contributed by atoms with Crippen molar-refractivity contribution in [1.29, 1.82) is 0 Å².